The number of nitrogens with zero attached hydrogens (tertiary/aromatic N) is 3. The van der Waals surface area contributed by atoms with Gasteiger partial charge in [0.05, 0.1) is 25.5 Å². The van der Waals surface area contributed by atoms with Gasteiger partial charge >= 0.3 is 0 Å². The van der Waals surface area contributed by atoms with Crippen LogP contribution in [-0.4, -0.2) is 34.6 Å². The summed E-state index contributed by atoms with van der Waals surface area (Å²) in [5.74, 6) is 0.267. The molecular weight excluding hydrogens is 258 g/mol. The zero-order chi connectivity index (χ0) is 14.5. The van der Waals surface area contributed by atoms with Gasteiger partial charge in [0, 0.05) is 6.54 Å². The fraction of sp³-hybridized carbons (Fsp3) is 0.308. The van der Waals surface area contributed by atoms with Crippen molar-refractivity contribution in [3.63, 3.8) is 0 Å². The number of nitrogens with two attached hydrogens (primary N) is 1. The van der Waals surface area contributed by atoms with Crippen molar-refractivity contribution in [2.24, 2.45) is 5.73 Å². The van der Waals surface area contributed by atoms with Crippen LogP contribution in [0, 0.1) is 6.92 Å². The molecule has 0 radical (unpaired) electrons. The minimum absolute atomic E-state index is 0.237. The van der Waals surface area contributed by atoms with Crippen molar-refractivity contribution in [1.82, 2.24) is 15.0 Å². The SMILES string of the molecule is COc1cc(C)ccc1NC(=O)c1cn(CCN)nn1. The number of rotatable bonds is 5. The van der Waals surface area contributed by atoms with Gasteiger partial charge in [0.15, 0.2) is 5.69 Å². The van der Waals surface area contributed by atoms with Gasteiger partial charge in [-0.1, -0.05) is 11.3 Å². The number of amides is 1. The molecule has 0 aliphatic carbocycles. The van der Waals surface area contributed by atoms with Crippen molar-refractivity contribution >= 4 is 11.6 Å². The molecule has 0 fully saturated rings. The predicted molar refractivity (Wildman–Crippen MR) is 74.8 cm³/mol. The summed E-state index contributed by atoms with van der Waals surface area (Å²) in [4.78, 5) is 12.1. The molecule has 0 atom stereocenters. The van der Waals surface area contributed by atoms with Crippen LogP contribution in [0.1, 0.15) is 16.1 Å². The molecule has 0 aliphatic rings. The number of methoxy groups -OCH3 is 1. The van der Waals surface area contributed by atoms with Gasteiger partial charge in [-0.25, -0.2) is 0 Å². The highest BCUT2D eigenvalue weighted by Gasteiger charge is 2.13. The summed E-state index contributed by atoms with van der Waals surface area (Å²) < 4.78 is 6.76. The lowest BCUT2D eigenvalue weighted by atomic mass is 10.2. The number of hydrogen-bond donors (Lipinski definition) is 2. The van der Waals surface area contributed by atoms with E-state index in [0.29, 0.717) is 24.5 Å². The highest BCUT2D eigenvalue weighted by atomic mass is 16.5. The van der Waals surface area contributed by atoms with Crippen LogP contribution in [0.25, 0.3) is 0 Å². The van der Waals surface area contributed by atoms with Gasteiger partial charge in [0.25, 0.3) is 5.91 Å². The van der Waals surface area contributed by atoms with Crippen LogP contribution in [0.2, 0.25) is 0 Å². The third kappa shape index (κ3) is 3.12. The van der Waals surface area contributed by atoms with Crippen molar-refractivity contribution in [2.75, 3.05) is 19.0 Å². The molecule has 0 spiro atoms. The van der Waals surface area contributed by atoms with E-state index < -0.39 is 0 Å². The summed E-state index contributed by atoms with van der Waals surface area (Å²) in [6.45, 7) is 2.91. The van der Waals surface area contributed by atoms with Crippen molar-refractivity contribution in [3.8, 4) is 5.75 Å². The van der Waals surface area contributed by atoms with E-state index in [1.54, 1.807) is 19.4 Å². The van der Waals surface area contributed by atoms with E-state index in [1.807, 2.05) is 19.1 Å². The van der Waals surface area contributed by atoms with Crippen molar-refractivity contribution in [3.05, 3.63) is 35.7 Å². The summed E-state index contributed by atoms with van der Waals surface area (Å²) in [5.41, 5.74) is 7.30. The maximum absolute atomic E-state index is 12.1. The first-order valence-corrected chi connectivity index (χ1v) is 6.20. The normalized spacial score (nSPS) is 10.3. The molecule has 0 unspecified atom stereocenters. The van der Waals surface area contributed by atoms with E-state index in [-0.39, 0.29) is 11.6 Å². The van der Waals surface area contributed by atoms with Gasteiger partial charge in [0.1, 0.15) is 5.75 Å². The number of ether oxygens (including phenoxy) is 1. The molecule has 1 heterocycles. The Bertz CT molecular complexity index is 609. The van der Waals surface area contributed by atoms with Crippen molar-refractivity contribution < 1.29 is 9.53 Å². The second kappa shape index (κ2) is 6.16. The molecular formula is C13H17N5O2. The average molecular weight is 275 g/mol. The number of nitrogens with one attached hydrogen (secondary N) is 1. The van der Waals surface area contributed by atoms with Crippen molar-refractivity contribution in [2.45, 2.75) is 13.5 Å². The van der Waals surface area contributed by atoms with Crippen molar-refractivity contribution in [1.29, 1.82) is 0 Å². The van der Waals surface area contributed by atoms with E-state index in [1.165, 1.54) is 4.68 Å². The Morgan fingerprint density at radius 1 is 1.50 bits per heavy atom. The third-order valence-corrected chi connectivity index (χ3v) is 2.73. The topological polar surface area (TPSA) is 95.1 Å². The molecule has 2 rings (SSSR count). The Morgan fingerprint density at radius 2 is 2.30 bits per heavy atom. The summed E-state index contributed by atoms with van der Waals surface area (Å²) in [5, 5.41) is 10.4. The molecule has 0 aliphatic heterocycles. The molecule has 1 amide bonds. The molecule has 3 N–H and O–H groups in total. The van der Waals surface area contributed by atoms with Crippen LogP contribution >= 0.6 is 0 Å². The van der Waals surface area contributed by atoms with Crippen LogP contribution in [0.15, 0.2) is 24.4 Å². The van der Waals surface area contributed by atoms with Gasteiger partial charge in [-0.3, -0.25) is 9.48 Å². The highest BCUT2D eigenvalue weighted by Crippen LogP contribution is 2.25. The lowest BCUT2D eigenvalue weighted by molar-refractivity contribution is 0.102. The van der Waals surface area contributed by atoms with Crippen LogP contribution < -0.4 is 15.8 Å². The molecule has 7 nitrogen and oxygen atoms in total. The zero-order valence-corrected chi connectivity index (χ0v) is 11.5. The van der Waals surface area contributed by atoms with E-state index in [4.69, 9.17) is 10.5 Å². The lowest BCUT2D eigenvalue weighted by Crippen LogP contribution is -2.13. The molecule has 0 bridgehead atoms. The standard InChI is InChI=1S/C13H17N5O2/c1-9-3-4-10(12(7-9)20-2)15-13(19)11-8-18(6-5-14)17-16-11/h3-4,7-8H,5-6,14H2,1-2H3,(H,15,19). The van der Waals surface area contributed by atoms with E-state index in [0.717, 1.165) is 5.56 Å². The average Bonchev–Trinajstić information content (AvgIpc) is 2.90. The van der Waals surface area contributed by atoms with Crippen LogP contribution in [0.5, 0.6) is 5.75 Å². The molecule has 1 aromatic carbocycles. The number of benzene rings is 1. The van der Waals surface area contributed by atoms with Crippen LogP contribution in [0.4, 0.5) is 5.69 Å². The van der Waals surface area contributed by atoms with Crippen LogP contribution in [0.3, 0.4) is 0 Å². The first kappa shape index (κ1) is 14.0. The van der Waals surface area contributed by atoms with Gasteiger partial charge in [0.2, 0.25) is 0 Å². The number of carbonyl (C=O) groups excluding carboxylic acids is 1. The first-order chi connectivity index (χ1) is 9.63. The monoisotopic (exact) mass is 275 g/mol. The van der Waals surface area contributed by atoms with Crippen LogP contribution in [-0.2, 0) is 6.54 Å². The Balaban J connectivity index is 2.14. The maximum atomic E-state index is 12.1. The summed E-state index contributed by atoms with van der Waals surface area (Å²) in [6.07, 6.45) is 1.56. The second-order valence-electron chi connectivity index (χ2n) is 4.31. The van der Waals surface area contributed by atoms with Gasteiger partial charge < -0.3 is 15.8 Å². The Morgan fingerprint density at radius 3 is 3.00 bits per heavy atom. The Labute approximate surface area is 116 Å². The Hall–Kier alpha value is -2.41. The number of aryl methyl sites for hydroxylation is 1. The van der Waals surface area contributed by atoms with E-state index in [2.05, 4.69) is 15.6 Å². The fourth-order valence-corrected chi connectivity index (χ4v) is 1.73. The van der Waals surface area contributed by atoms with Gasteiger partial charge in [-0.05, 0) is 24.6 Å². The first-order valence-electron chi connectivity index (χ1n) is 6.20. The quantitative estimate of drug-likeness (QED) is 0.841. The second-order valence-corrected chi connectivity index (χ2v) is 4.31. The number of carbonyl (C=O) groups is 1. The van der Waals surface area contributed by atoms with Gasteiger partial charge in [-0.15, -0.1) is 5.10 Å². The van der Waals surface area contributed by atoms with E-state index in [9.17, 15) is 4.79 Å². The highest BCUT2D eigenvalue weighted by molar-refractivity contribution is 6.03. The molecule has 20 heavy (non-hydrogen) atoms. The molecule has 0 saturated carbocycles. The smallest absolute Gasteiger partial charge is 0.277 e. The number of anilines is 1. The molecule has 106 valence electrons. The number of hydrogen-bond acceptors (Lipinski definition) is 5. The summed E-state index contributed by atoms with van der Waals surface area (Å²) >= 11 is 0. The third-order valence-electron chi connectivity index (χ3n) is 2.73. The molecule has 0 saturated heterocycles. The summed E-state index contributed by atoms with van der Waals surface area (Å²) in [7, 11) is 1.56. The van der Waals surface area contributed by atoms with Gasteiger partial charge in [-0.2, -0.15) is 0 Å². The molecule has 7 heteroatoms. The minimum Gasteiger partial charge on any atom is -0.495 e. The fourth-order valence-electron chi connectivity index (χ4n) is 1.73. The Kier molecular flexibility index (Phi) is 4.31. The summed E-state index contributed by atoms with van der Waals surface area (Å²) in [6, 6.07) is 5.53. The predicted octanol–water partition coefficient (Wildman–Crippen LogP) is 0.806. The zero-order valence-electron chi connectivity index (χ0n) is 11.5. The molecule has 2 aromatic rings. The molecule has 1 aromatic heterocycles. The largest absolute Gasteiger partial charge is 0.495 e. The van der Waals surface area contributed by atoms with E-state index >= 15 is 0 Å². The maximum Gasteiger partial charge on any atom is 0.277 e. The lowest BCUT2D eigenvalue weighted by Gasteiger charge is -2.09. The minimum atomic E-state index is -0.338. The number of aromatic nitrogens is 3.